The second-order valence-electron chi connectivity index (χ2n) is 1.89. The van der Waals surface area contributed by atoms with E-state index in [1.807, 2.05) is 0 Å². The molecule has 1 N–H and O–H groups in total. The summed E-state index contributed by atoms with van der Waals surface area (Å²) in [4.78, 5) is 6.79. The van der Waals surface area contributed by atoms with Gasteiger partial charge in [0.05, 0.1) is 7.11 Å². The predicted octanol–water partition coefficient (Wildman–Crippen LogP) is 1.16. The Kier molecular flexibility index (Phi) is 0.943. The molecule has 2 heterocycles. The third-order valence-electron chi connectivity index (χ3n) is 1.36. The van der Waals surface area contributed by atoms with Crippen molar-refractivity contribution in [2.24, 2.45) is 0 Å². The summed E-state index contributed by atoms with van der Waals surface area (Å²) in [5.74, 6) is 0.712. The number of nitrogens with one attached hydrogen (secondary N) is 1. The quantitative estimate of drug-likeness (QED) is 0.643. The third kappa shape index (κ3) is 0.528. The summed E-state index contributed by atoms with van der Waals surface area (Å²) in [6.07, 6.45) is 3.09. The molecule has 0 unspecified atom stereocenters. The summed E-state index contributed by atoms with van der Waals surface area (Å²) < 4.78 is 9.93. The van der Waals surface area contributed by atoms with E-state index in [0.717, 1.165) is 5.52 Å². The molecule has 4 heteroatoms. The van der Waals surface area contributed by atoms with Crippen molar-refractivity contribution in [3.05, 3.63) is 12.6 Å². The molecule has 10 heavy (non-hydrogen) atoms. The summed E-state index contributed by atoms with van der Waals surface area (Å²) in [5.41, 5.74) is 1.39. The number of methoxy groups -OCH3 is 1. The molecule has 2 aromatic rings. The minimum Gasteiger partial charge on any atom is -0.493 e. The van der Waals surface area contributed by atoms with E-state index in [4.69, 9.17) is 9.15 Å². The lowest BCUT2D eigenvalue weighted by Crippen LogP contribution is -1.78. The number of fused-ring (bicyclic) bond motifs is 1. The van der Waals surface area contributed by atoms with Crippen molar-refractivity contribution < 1.29 is 9.15 Å². The molecule has 52 valence electrons. The van der Waals surface area contributed by atoms with Crippen molar-refractivity contribution >= 4 is 11.2 Å². The lowest BCUT2D eigenvalue weighted by molar-refractivity contribution is 0.419. The molecule has 0 saturated carbocycles. The van der Waals surface area contributed by atoms with Crippen LogP contribution >= 0.6 is 0 Å². The van der Waals surface area contributed by atoms with E-state index in [1.54, 1.807) is 13.3 Å². The van der Waals surface area contributed by atoms with E-state index in [-0.39, 0.29) is 0 Å². The Morgan fingerprint density at radius 2 is 2.60 bits per heavy atom. The fourth-order valence-corrected chi connectivity index (χ4v) is 0.879. The van der Waals surface area contributed by atoms with Gasteiger partial charge < -0.3 is 14.1 Å². The van der Waals surface area contributed by atoms with E-state index >= 15 is 0 Å². The molecule has 0 saturated heterocycles. The van der Waals surface area contributed by atoms with Crippen molar-refractivity contribution in [2.75, 3.05) is 7.11 Å². The molecule has 0 bridgehead atoms. The molecular weight excluding hydrogens is 132 g/mol. The number of nitrogens with zero attached hydrogens (tertiary/aromatic N) is 1. The van der Waals surface area contributed by atoms with Crippen LogP contribution in [-0.2, 0) is 0 Å². The molecule has 0 aliphatic heterocycles. The number of ether oxygens (including phenoxy) is 1. The maximum Gasteiger partial charge on any atom is 0.228 e. The first-order valence-corrected chi connectivity index (χ1v) is 2.86. The van der Waals surface area contributed by atoms with Gasteiger partial charge in [-0.1, -0.05) is 0 Å². The zero-order valence-corrected chi connectivity index (χ0v) is 5.42. The van der Waals surface area contributed by atoms with Crippen LogP contribution in [0.15, 0.2) is 17.0 Å². The van der Waals surface area contributed by atoms with Gasteiger partial charge in [-0.25, -0.2) is 4.98 Å². The SMILES string of the molecule is COc1c[nH]c2ocnc12. The number of oxazole rings is 1. The smallest absolute Gasteiger partial charge is 0.228 e. The van der Waals surface area contributed by atoms with Crippen molar-refractivity contribution in [1.29, 1.82) is 0 Å². The van der Waals surface area contributed by atoms with Crippen molar-refractivity contribution in [3.63, 3.8) is 0 Å². The summed E-state index contributed by atoms with van der Waals surface area (Å²) in [7, 11) is 1.59. The molecule has 0 aliphatic rings. The first-order valence-electron chi connectivity index (χ1n) is 2.86. The van der Waals surface area contributed by atoms with Gasteiger partial charge in [-0.05, 0) is 0 Å². The van der Waals surface area contributed by atoms with Crippen LogP contribution in [0.3, 0.4) is 0 Å². The van der Waals surface area contributed by atoms with Gasteiger partial charge in [0.1, 0.15) is 0 Å². The van der Waals surface area contributed by atoms with E-state index in [9.17, 15) is 0 Å². The Morgan fingerprint density at radius 1 is 1.70 bits per heavy atom. The van der Waals surface area contributed by atoms with Gasteiger partial charge in [0, 0.05) is 6.20 Å². The second kappa shape index (κ2) is 1.76. The van der Waals surface area contributed by atoms with Crippen LogP contribution in [0.4, 0.5) is 0 Å². The zero-order chi connectivity index (χ0) is 6.97. The normalized spacial score (nSPS) is 10.5. The maximum atomic E-state index is 4.97. The highest BCUT2D eigenvalue weighted by atomic mass is 16.5. The largest absolute Gasteiger partial charge is 0.493 e. The lowest BCUT2D eigenvalue weighted by Gasteiger charge is -1.88. The lowest BCUT2D eigenvalue weighted by atomic mass is 10.5. The Balaban J connectivity index is 2.76. The Morgan fingerprint density at radius 3 is 3.40 bits per heavy atom. The maximum absolute atomic E-state index is 4.97. The van der Waals surface area contributed by atoms with Crippen LogP contribution in [0.2, 0.25) is 0 Å². The summed E-state index contributed by atoms with van der Waals surface area (Å²) in [5, 5.41) is 0. The van der Waals surface area contributed by atoms with Crippen LogP contribution in [0.25, 0.3) is 11.2 Å². The fourth-order valence-electron chi connectivity index (χ4n) is 0.879. The van der Waals surface area contributed by atoms with Crippen LogP contribution in [0.5, 0.6) is 5.75 Å². The molecular formula is C6H6N2O2. The zero-order valence-electron chi connectivity index (χ0n) is 5.42. The summed E-state index contributed by atoms with van der Waals surface area (Å²) >= 11 is 0. The van der Waals surface area contributed by atoms with Crippen LogP contribution in [0.1, 0.15) is 0 Å². The van der Waals surface area contributed by atoms with Crippen molar-refractivity contribution in [3.8, 4) is 5.75 Å². The van der Waals surface area contributed by atoms with Gasteiger partial charge in [-0.3, -0.25) is 0 Å². The first kappa shape index (κ1) is 5.34. The Bertz CT molecular complexity index is 336. The number of aromatic nitrogens is 2. The van der Waals surface area contributed by atoms with Crippen molar-refractivity contribution in [1.82, 2.24) is 9.97 Å². The molecule has 0 atom stereocenters. The molecule has 0 spiro atoms. The molecule has 2 rings (SSSR count). The fraction of sp³-hybridized carbons (Fsp3) is 0.167. The topological polar surface area (TPSA) is 51.0 Å². The number of hydrogen-bond donors (Lipinski definition) is 1. The standard InChI is InChI=1S/C6H6N2O2/c1-9-4-2-7-6-5(4)8-3-10-6/h2-3,7H,1H3. The first-order chi connectivity index (χ1) is 4.92. The molecule has 0 radical (unpaired) electrons. The van der Waals surface area contributed by atoms with E-state index < -0.39 is 0 Å². The molecule has 0 aliphatic carbocycles. The van der Waals surface area contributed by atoms with Gasteiger partial charge in [0.25, 0.3) is 0 Å². The summed E-state index contributed by atoms with van der Waals surface area (Å²) in [6.45, 7) is 0. The Labute approximate surface area is 56.8 Å². The van der Waals surface area contributed by atoms with Gasteiger partial charge in [0.2, 0.25) is 5.71 Å². The molecule has 0 amide bonds. The highest BCUT2D eigenvalue weighted by Crippen LogP contribution is 2.22. The van der Waals surface area contributed by atoms with E-state index in [2.05, 4.69) is 9.97 Å². The molecule has 0 aromatic carbocycles. The minimum absolute atomic E-state index is 0.650. The average Bonchev–Trinajstić information content (AvgIpc) is 2.44. The van der Waals surface area contributed by atoms with Crippen molar-refractivity contribution in [2.45, 2.75) is 0 Å². The van der Waals surface area contributed by atoms with Gasteiger partial charge in [-0.15, -0.1) is 0 Å². The number of H-pyrrole nitrogens is 1. The Hall–Kier alpha value is -1.45. The van der Waals surface area contributed by atoms with E-state index in [1.165, 1.54) is 6.39 Å². The van der Waals surface area contributed by atoms with E-state index in [0.29, 0.717) is 11.5 Å². The number of rotatable bonds is 1. The monoisotopic (exact) mass is 138 g/mol. The number of aromatic amines is 1. The highest BCUT2D eigenvalue weighted by molar-refractivity contribution is 5.76. The number of hydrogen-bond acceptors (Lipinski definition) is 3. The predicted molar refractivity (Wildman–Crippen MR) is 34.9 cm³/mol. The second-order valence-corrected chi connectivity index (χ2v) is 1.89. The van der Waals surface area contributed by atoms with Crippen LogP contribution in [-0.4, -0.2) is 17.1 Å². The van der Waals surface area contributed by atoms with Gasteiger partial charge in [-0.2, -0.15) is 0 Å². The van der Waals surface area contributed by atoms with Gasteiger partial charge in [0.15, 0.2) is 17.7 Å². The van der Waals surface area contributed by atoms with Crippen LogP contribution in [0, 0.1) is 0 Å². The third-order valence-corrected chi connectivity index (χ3v) is 1.36. The highest BCUT2D eigenvalue weighted by Gasteiger charge is 2.05. The summed E-state index contributed by atoms with van der Waals surface area (Å²) in [6, 6.07) is 0. The molecule has 2 aromatic heterocycles. The van der Waals surface area contributed by atoms with Gasteiger partial charge >= 0.3 is 0 Å². The minimum atomic E-state index is 0.650. The average molecular weight is 138 g/mol. The molecule has 4 nitrogen and oxygen atoms in total. The molecule has 0 fully saturated rings. The van der Waals surface area contributed by atoms with Crippen LogP contribution < -0.4 is 4.74 Å².